The molecule has 0 saturated heterocycles. The van der Waals surface area contributed by atoms with Crippen LogP contribution in [0.5, 0.6) is 0 Å². The smallest absolute Gasteiger partial charge is 0.309 e. The van der Waals surface area contributed by atoms with Crippen LogP contribution in [0.4, 0.5) is 4.39 Å². The van der Waals surface area contributed by atoms with E-state index in [0.717, 1.165) is 11.1 Å². The van der Waals surface area contributed by atoms with Gasteiger partial charge >= 0.3 is 11.8 Å². The number of benzene rings is 2. The summed E-state index contributed by atoms with van der Waals surface area (Å²) in [7, 11) is 0. The minimum atomic E-state index is -0.718. The van der Waals surface area contributed by atoms with Crippen LogP contribution >= 0.6 is 11.6 Å². The fraction of sp³-hybridized carbons (Fsp3) is 0.176. The second-order valence-electron chi connectivity index (χ2n) is 4.91. The summed E-state index contributed by atoms with van der Waals surface area (Å²) in [5.74, 6) is -1.74. The number of rotatable bonds is 5. The molecule has 2 N–H and O–H groups in total. The van der Waals surface area contributed by atoms with Gasteiger partial charge in [-0.25, -0.2) is 4.39 Å². The summed E-state index contributed by atoms with van der Waals surface area (Å²) in [6.07, 6.45) is 0.518. The van der Waals surface area contributed by atoms with Gasteiger partial charge < -0.3 is 10.6 Å². The molecule has 0 saturated carbocycles. The molecule has 0 bridgehead atoms. The van der Waals surface area contributed by atoms with Crippen molar-refractivity contribution in [2.45, 2.75) is 13.0 Å². The molecule has 0 aliphatic carbocycles. The van der Waals surface area contributed by atoms with E-state index in [0.29, 0.717) is 18.0 Å². The minimum absolute atomic E-state index is 0.184. The summed E-state index contributed by atoms with van der Waals surface area (Å²) in [5, 5.41) is 5.56. The second kappa shape index (κ2) is 8.29. The van der Waals surface area contributed by atoms with Gasteiger partial charge in [-0.15, -0.1) is 0 Å². The zero-order valence-corrected chi connectivity index (χ0v) is 13.1. The molecule has 2 amide bonds. The molecular weight excluding hydrogens is 319 g/mol. The third-order valence-electron chi connectivity index (χ3n) is 3.22. The van der Waals surface area contributed by atoms with Gasteiger partial charge in [0.25, 0.3) is 0 Å². The SMILES string of the molecule is O=C(NCCc1ccc(F)cc1)C(=O)NCc1ccccc1Cl. The lowest BCUT2D eigenvalue weighted by atomic mass is 10.1. The maximum absolute atomic E-state index is 12.8. The first-order valence-electron chi connectivity index (χ1n) is 7.10. The molecule has 0 atom stereocenters. The molecule has 6 heteroatoms. The fourth-order valence-electron chi connectivity index (χ4n) is 1.95. The van der Waals surface area contributed by atoms with Crippen molar-refractivity contribution in [3.05, 3.63) is 70.5 Å². The van der Waals surface area contributed by atoms with Crippen molar-refractivity contribution in [1.82, 2.24) is 10.6 Å². The maximum atomic E-state index is 12.8. The van der Waals surface area contributed by atoms with Crippen LogP contribution < -0.4 is 10.6 Å². The molecular formula is C17H16ClFN2O2. The van der Waals surface area contributed by atoms with Gasteiger partial charge in [0, 0.05) is 18.1 Å². The van der Waals surface area contributed by atoms with Gasteiger partial charge in [-0.2, -0.15) is 0 Å². The standard InChI is InChI=1S/C17H16ClFN2O2/c18-15-4-2-1-3-13(15)11-21-17(23)16(22)20-10-9-12-5-7-14(19)8-6-12/h1-8H,9-11H2,(H,20,22)(H,21,23). The van der Waals surface area contributed by atoms with Gasteiger partial charge in [0.1, 0.15) is 5.82 Å². The van der Waals surface area contributed by atoms with Crippen molar-refractivity contribution >= 4 is 23.4 Å². The number of nitrogens with one attached hydrogen (secondary N) is 2. The second-order valence-corrected chi connectivity index (χ2v) is 5.31. The van der Waals surface area contributed by atoms with E-state index in [9.17, 15) is 14.0 Å². The topological polar surface area (TPSA) is 58.2 Å². The van der Waals surface area contributed by atoms with Crippen LogP contribution in [0.25, 0.3) is 0 Å². The third-order valence-corrected chi connectivity index (χ3v) is 3.58. The highest BCUT2D eigenvalue weighted by molar-refractivity contribution is 6.35. The highest BCUT2D eigenvalue weighted by Gasteiger charge is 2.12. The Morgan fingerprint density at radius 3 is 2.30 bits per heavy atom. The first-order valence-corrected chi connectivity index (χ1v) is 7.48. The van der Waals surface area contributed by atoms with Gasteiger partial charge in [-0.3, -0.25) is 9.59 Å². The Bertz CT molecular complexity index is 689. The van der Waals surface area contributed by atoms with Crippen molar-refractivity contribution in [2.75, 3.05) is 6.54 Å². The summed E-state index contributed by atoms with van der Waals surface area (Å²) in [5.41, 5.74) is 1.62. The number of carbonyl (C=O) groups is 2. The number of hydrogen-bond donors (Lipinski definition) is 2. The Morgan fingerprint density at radius 2 is 1.61 bits per heavy atom. The summed E-state index contributed by atoms with van der Waals surface area (Å²) < 4.78 is 12.8. The average Bonchev–Trinajstić information content (AvgIpc) is 2.55. The molecule has 0 aliphatic rings. The molecule has 0 spiro atoms. The minimum Gasteiger partial charge on any atom is -0.348 e. The van der Waals surface area contributed by atoms with Gasteiger partial charge in [0.2, 0.25) is 0 Å². The molecule has 0 heterocycles. The van der Waals surface area contributed by atoms with E-state index in [1.165, 1.54) is 12.1 Å². The summed E-state index contributed by atoms with van der Waals surface area (Å²) in [4.78, 5) is 23.4. The predicted molar refractivity (Wildman–Crippen MR) is 86.4 cm³/mol. The first kappa shape index (κ1) is 17.0. The molecule has 0 aliphatic heterocycles. The van der Waals surface area contributed by atoms with Crippen molar-refractivity contribution in [3.63, 3.8) is 0 Å². The molecule has 0 aromatic heterocycles. The van der Waals surface area contributed by atoms with Crippen LogP contribution in [-0.4, -0.2) is 18.4 Å². The van der Waals surface area contributed by atoms with E-state index < -0.39 is 11.8 Å². The lowest BCUT2D eigenvalue weighted by Gasteiger charge is -2.08. The van der Waals surface area contributed by atoms with E-state index in [4.69, 9.17) is 11.6 Å². The third kappa shape index (κ3) is 5.38. The number of carbonyl (C=O) groups excluding carboxylic acids is 2. The molecule has 2 aromatic carbocycles. The van der Waals surface area contributed by atoms with Crippen LogP contribution in [-0.2, 0) is 22.6 Å². The summed E-state index contributed by atoms with van der Waals surface area (Å²) in [6.45, 7) is 0.480. The van der Waals surface area contributed by atoms with E-state index in [1.54, 1.807) is 36.4 Å². The van der Waals surface area contributed by atoms with Gasteiger partial charge in [0.05, 0.1) is 0 Å². The Morgan fingerprint density at radius 1 is 0.957 bits per heavy atom. The molecule has 2 rings (SSSR count). The highest BCUT2D eigenvalue weighted by Crippen LogP contribution is 2.14. The van der Waals surface area contributed by atoms with E-state index in [2.05, 4.69) is 10.6 Å². The zero-order chi connectivity index (χ0) is 16.7. The van der Waals surface area contributed by atoms with Crippen LogP contribution in [0, 0.1) is 5.82 Å². The van der Waals surface area contributed by atoms with Crippen molar-refractivity contribution in [1.29, 1.82) is 0 Å². The predicted octanol–water partition coefficient (Wildman–Crippen LogP) is 2.45. The number of hydrogen-bond acceptors (Lipinski definition) is 2. The molecule has 120 valence electrons. The normalized spacial score (nSPS) is 10.2. The monoisotopic (exact) mass is 334 g/mol. The van der Waals surface area contributed by atoms with Crippen LogP contribution in [0.2, 0.25) is 5.02 Å². The summed E-state index contributed by atoms with van der Waals surface area (Å²) in [6, 6.07) is 13.1. The van der Waals surface area contributed by atoms with Crippen molar-refractivity contribution in [3.8, 4) is 0 Å². The van der Waals surface area contributed by atoms with Crippen LogP contribution in [0.1, 0.15) is 11.1 Å². The molecule has 0 fully saturated rings. The first-order chi connectivity index (χ1) is 11.1. The molecule has 2 aromatic rings. The Kier molecular flexibility index (Phi) is 6.11. The van der Waals surface area contributed by atoms with Crippen LogP contribution in [0.3, 0.4) is 0 Å². The van der Waals surface area contributed by atoms with Gasteiger partial charge in [0.15, 0.2) is 0 Å². The lowest BCUT2D eigenvalue weighted by Crippen LogP contribution is -2.40. The summed E-state index contributed by atoms with van der Waals surface area (Å²) >= 11 is 5.97. The van der Waals surface area contributed by atoms with E-state index in [-0.39, 0.29) is 12.4 Å². The molecule has 0 radical (unpaired) electrons. The van der Waals surface area contributed by atoms with E-state index in [1.807, 2.05) is 0 Å². The Hall–Kier alpha value is -2.40. The lowest BCUT2D eigenvalue weighted by molar-refractivity contribution is -0.139. The zero-order valence-electron chi connectivity index (χ0n) is 12.3. The van der Waals surface area contributed by atoms with Gasteiger partial charge in [-0.1, -0.05) is 41.9 Å². The highest BCUT2D eigenvalue weighted by atomic mass is 35.5. The average molecular weight is 335 g/mol. The van der Waals surface area contributed by atoms with Crippen molar-refractivity contribution < 1.29 is 14.0 Å². The quantitative estimate of drug-likeness (QED) is 0.825. The van der Waals surface area contributed by atoms with E-state index >= 15 is 0 Å². The molecule has 0 unspecified atom stereocenters. The Balaban J connectivity index is 1.73. The van der Waals surface area contributed by atoms with Gasteiger partial charge in [-0.05, 0) is 35.7 Å². The van der Waals surface area contributed by atoms with Crippen molar-refractivity contribution in [2.24, 2.45) is 0 Å². The van der Waals surface area contributed by atoms with Crippen LogP contribution in [0.15, 0.2) is 48.5 Å². The molecule has 4 nitrogen and oxygen atoms in total. The fourth-order valence-corrected chi connectivity index (χ4v) is 2.15. The Labute approximate surface area is 138 Å². The number of amides is 2. The largest absolute Gasteiger partial charge is 0.348 e. The molecule has 23 heavy (non-hydrogen) atoms. The maximum Gasteiger partial charge on any atom is 0.309 e. The number of halogens is 2.